The molecule has 0 bridgehead atoms. The van der Waals surface area contributed by atoms with E-state index in [1.54, 1.807) is 47.6 Å². The van der Waals surface area contributed by atoms with Crippen molar-refractivity contribution in [2.24, 2.45) is 5.92 Å². The van der Waals surface area contributed by atoms with E-state index in [-0.39, 0.29) is 25.4 Å². The van der Waals surface area contributed by atoms with Gasteiger partial charge in [0.15, 0.2) is 0 Å². The zero-order valence-electron chi connectivity index (χ0n) is 18.6. The number of nitrogens with zero attached hydrogens (tertiary/aromatic N) is 2. The normalized spacial score (nSPS) is 13.8. The quantitative estimate of drug-likeness (QED) is 0.382. The number of esters is 1. The largest absolute Gasteiger partial charge is 0.464 e. The fraction of sp³-hybridized carbons (Fsp3) is 0.800. The number of aliphatic hydroxyl groups excluding tert-OH is 1. The Balaban J connectivity index is 5.93. The van der Waals surface area contributed by atoms with Gasteiger partial charge in [0.1, 0.15) is 23.3 Å². The topological polar surface area (TPSA) is 126 Å². The van der Waals surface area contributed by atoms with Crippen molar-refractivity contribution in [1.29, 1.82) is 5.26 Å². The SMILES string of the molecule is CC(C)COC(=O)[C@H](CCC(O)C#N)N(C(=O)OC(C)(C)C)C(=O)OC(C)(C)C. The van der Waals surface area contributed by atoms with Crippen LogP contribution in [-0.2, 0) is 19.0 Å². The van der Waals surface area contributed by atoms with Gasteiger partial charge < -0.3 is 19.3 Å². The monoisotopic (exact) mass is 414 g/mol. The summed E-state index contributed by atoms with van der Waals surface area (Å²) in [5.41, 5.74) is -1.87. The van der Waals surface area contributed by atoms with Gasteiger partial charge in [0.25, 0.3) is 0 Å². The second-order valence-electron chi connectivity index (χ2n) is 9.09. The first-order valence-electron chi connectivity index (χ1n) is 9.57. The molecule has 0 aliphatic heterocycles. The number of imide groups is 1. The smallest absolute Gasteiger partial charge is 0.420 e. The number of hydrogen-bond acceptors (Lipinski definition) is 8. The molecule has 1 N–H and O–H groups in total. The number of nitriles is 1. The average molecular weight is 414 g/mol. The third kappa shape index (κ3) is 11.3. The molecule has 0 saturated heterocycles. The molecule has 1 unspecified atom stereocenters. The summed E-state index contributed by atoms with van der Waals surface area (Å²) in [4.78, 5) is 38.7. The van der Waals surface area contributed by atoms with Crippen LogP contribution in [0, 0.1) is 17.2 Å². The molecule has 0 heterocycles. The molecule has 0 fully saturated rings. The van der Waals surface area contributed by atoms with Crippen LogP contribution in [0.5, 0.6) is 0 Å². The fourth-order valence-electron chi connectivity index (χ4n) is 2.03. The number of hydrogen-bond donors (Lipinski definition) is 1. The first-order chi connectivity index (χ1) is 13.1. The Kier molecular flexibility index (Phi) is 10.1. The van der Waals surface area contributed by atoms with Crippen LogP contribution in [0.15, 0.2) is 0 Å². The highest BCUT2D eigenvalue weighted by atomic mass is 16.6. The summed E-state index contributed by atoms with van der Waals surface area (Å²) in [6, 6.07) is 0.221. The van der Waals surface area contributed by atoms with Crippen LogP contribution in [0.4, 0.5) is 9.59 Å². The van der Waals surface area contributed by atoms with Crippen LogP contribution < -0.4 is 0 Å². The Morgan fingerprint density at radius 3 is 1.76 bits per heavy atom. The predicted octanol–water partition coefficient (Wildman–Crippen LogP) is 3.39. The first-order valence-corrected chi connectivity index (χ1v) is 9.57. The van der Waals surface area contributed by atoms with E-state index in [0.29, 0.717) is 4.90 Å². The molecule has 9 heteroatoms. The third-order valence-corrected chi connectivity index (χ3v) is 3.19. The number of ether oxygens (including phenoxy) is 3. The van der Waals surface area contributed by atoms with Gasteiger partial charge in [-0.15, -0.1) is 0 Å². The maximum Gasteiger partial charge on any atom is 0.420 e. The van der Waals surface area contributed by atoms with Gasteiger partial charge in [0.05, 0.1) is 12.7 Å². The van der Waals surface area contributed by atoms with Crippen molar-refractivity contribution >= 4 is 18.2 Å². The first kappa shape index (κ1) is 26.7. The van der Waals surface area contributed by atoms with E-state index in [1.807, 2.05) is 13.8 Å². The average Bonchev–Trinajstić information content (AvgIpc) is 2.52. The molecule has 29 heavy (non-hydrogen) atoms. The lowest BCUT2D eigenvalue weighted by Crippen LogP contribution is -2.52. The number of carbonyl (C=O) groups is 3. The highest BCUT2D eigenvalue weighted by Gasteiger charge is 2.41. The van der Waals surface area contributed by atoms with Crippen molar-refractivity contribution in [3.8, 4) is 6.07 Å². The molecular weight excluding hydrogens is 380 g/mol. The summed E-state index contributed by atoms with van der Waals surface area (Å²) >= 11 is 0. The van der Waals surface area contributed by atoms with Crippen molar-refractivity contribution in [3.05, 3.63) is 0 Å². The summed E-state index contributed by atoms with van der Waals surface area (Å²) in [7, 11) is 0. The molecule has 0 saturated carbocycles. The second kappa shape index (κ2) is 11.0. The summed E-state index contributed by atoms with van der Waals surface area (Å²) in [6.07, 6.45) is -3.87. The molecule has 0 spiro atoms. The molecule has 2 atom stereocenters. The van der Waals surface area contributed by atoms with E-state index in [9.17, 15) is 19.5 Å². The van der Waals surface area contributed by atoms with Crippen LogP contribution >= 0.6 is 0 Å². The molecule has 0 aromatic heterocycles. The second-order valence-corrected chi connectivity index (χ2v) is 9.09. The van der Waals surface area contributed by atoms with Gasteiger partial charge in [0.2, 0.25) is 0 Å². The molecule has 0 aliphatic rings. The van der Waals surface area contributed by atoms with E-state index >= 15 is 0 Å². The molecular formula is C20H34N2O7. The molecule has 0 aliphatic carbocycles. The summed E-state index contributed by atoms with van der Waals surface area (Å²) in [5.74, 6) is -0.818. The van der Waals surface area contributed by atoms with E-state index in [4.69, 9.17) is 19.5 Å². The van der Waals surface area contributed by atoms with Crippen LogP contribution in [0.25, 0.3) is 0 Å². The minimum absolute atomic E-state index is 0.0285. The Bertz CT molecular complexity index is 584. The van der Waals surface area contributed by atoms with E-state index in [0.717, 1.165) is 0 Å². The lowest BCUT2D eigenvalue weighted by molar-refractivity contribution is -0.151. The van der Waals surface area contributed by atoms with Gasteiger partial charge in [-0.2, -0.15) is 10.2 Å². The lowest BCUT2D eigenvalue weighted by Gasteiger charge is -2.32. The van der Waals surface area contributed by atoms with E-state index in [2.05, 4.69) is 0 Å². The third-order valence-electron chi connectivity index (χ3n) is 3.19. The van der Waals surface area contributed by atoms with Gasteiger partial charge in [-0.1, -0.05) is 13.8 Å². The molecule has 0 rings (SSSR count). The fourth-order valence-corrected chi connectivity index (χ4v) is 2.03. The van der Waals surface area contributed by atoms with Crippen LogP contribution in [0.2, 0.25) is 0 Å². The van der Waals surface area contributed by atoms with Crippen molar-refractivity contribution in [2.75, 3.05) is 6.61 Å². The predicted molar refractivity (Wildman–Crippen MR) is 105 cm³/mol. The van der Waals surface area contributed by atoms with Crippen LogP contribution in [0.3, 0.4) is 0 Å². The Hall–Kier alpha value is -2.34. The van der Waals surface area contributed by atoms with Gasteiger partial charge in [-0.25, -0.2) is 14.4 Å². The highest BCUT2D eigenvalue weighted by Crippen LogP contribution is 2.20. The minimum atomic E-state index is -1.42. The zero-order valence-corrected chi connectivity index (χ0v) is 18.6. The standard InChI is InChI=1S/C20H34N2O7/c1-13(2)12-27-16(24)15(10-9-14(23)11-21)22(17(25)28-19(3,4)5)18(26)29-20(6,7)8/h13-15,23H,9-10,12H2,1-8H3/t14?,15-/m0/s1. The Labute approximate surface area is 172 Å². The van der Waals surface area contributed by atoms with Crippen LogP contribution in [0.1, 0.15) is 68.2 Å². The summed E-state index contributed by atoms with van der Waals surface area (Å²) < 4.78 is 15.8. The zero-order chi connectivity index (χ0) is 23.0. The molecule has 0 aromatic rings. The summed E-state index contributed by atoms with van der Waals surface area (Å²) in [5, 5.41) is 18.4. The minimum Gasteiger partial charge on any atom is -0.464 e. The Morgan fingerprint density at radius 1 is 0.966 bits per heavy atom. The number of aliphatic hydroxyl groups is 1. The van der Waals surface area contributed by atoms with Gasteiger partial charge in [-0.05, 0) is 60.3 Å². The van der Waals surface area contributed by atoms with Crippen LogP contribution in [-0.4, -0.2) is 58.1 Å². The number of carbonyl (C=O) groups excluding carboxylic acids is 3. The van der Waals surface area contributed by atoms with E-state index in [1.165, 1.54) is 0 Å². The van der Waals surface area contributed by atoms with Crippen molar-refractivity contribution in [1.82, 2.24) is 4.90 Å². The van der Waals surface area contributed by atoms with Crippen molar-refractivity contribution in [3.63, 3.8) is 0 Å². The van der Waals surface area contributed by atoms with Crippen molar-refractivity contribution in [2.45, 2.75) is 91.6 Å². The van der Waals surface area contributed by atoms with Gasteiger partial charge >= 0.3 is 18.2 Å². The molecule has 9 nitrogen and oxygen atoms in total. The lowest BCUT2D eigenvalue weighted by atomic mass is 10.1. The van der Waals surface area contributed by atoms with Crippen molar-refractivity contribution < 1.29 is 33.7 Å². The van der Waals surface area contributed by atoms with E-state index < -0.39 is 41.5 Å². The summed E-state index contributed by atoms with van der Waals surface area (Å²) in [6.45, 7) is 13.4. The number of amides is 2. The van der Waals surface area contributed by atoms with Gasteiger partial charge in [0, 0.05) is 0 Å². The maximum absolute atomic E-state index is 12.8. The molecule has 0 radical (unpaired) electrons. The number of rotatable bonds is 7. The Morgan fingerprint density at radius 2 is 1.41 bits per heavy atom. The molecule has 2 amide bonds. The molecule has 0 aromatic carbocycles. The maximum atomic E-state index is 12.8. The molecule has 166 valence electrons. The van der Waals surface area contributed by atoms with Gasteiger partial charge in [-0.3, -0.25) is 0 Å². The highest BCUT2D eigenvalue weighted by molar-refractivity contribution is 5.94.